The SMILES string of the molecule is CCOc1cc(C=Nn2c(-c3cccc(C(F)(F)F)c3)nc3ccccc3c2=O)cc(Br)c1OCc1ccccc1Cl. The van der Waals surface area contributed by atoms with Crippen LogP contribution in [0.15, 0.2) is 99.3 Å². The molecule has 0 aliphatic carbocycles. The number of benzene rings is 4. The van der Waals surface area contributed by atoms with Crippen LogP contribution < -0.4 is 15.0 Å². The Kier molecular flexibility index (Phi) is 8.65. The summed E-state index contributed by atoms with van der Waals surface area (Å²) in [4.78, 5) is 18.0. The molecule has 214 valence electrons. The summed E-state index contributed by atoms with van der Waals surface area (Å²) in [6.45, 7) is 2.38. The highest BCUT2D eigenvalue weighted by Crippen LogP contribution is 2.38. The van der Waals surface area contributed by atoms with E-state index in [-0.39, 0.29) is 23.4 Å². The van der Waals surface area contributed by atoms with Gasteiger partial charge < -0.3 is 9.47 Å². The molecule has 0 aliphatic rings. The molecule has 0 amide bonds. The van der Waals surface area contributed by atoms with Gasteiger partial charge in [0.1, 0.15) is 6.61 Å². The zero-order chi connectivity index (χ0) is 29.9. The number of para-hydroxylation sites is 1. The number of hydrogen-bond acceptors (Lipinski definition) is 5. The lowest BCUT2D eigenvalue weighted by molar-refractivity contribution is -0.137. The van der Waals surface area contributed by atoms with Gasteiger partial charge >= 0.3 is 6.18 Å². The van der Waals surface area contributed by atoms with E-state index in [2.05, 4.69) is 26.0 Å². The predicted octanol–water partition coefficient (Wildman–Crippen LogP) is 8.36. The minimum atomic E-state index is -4.57. The first-order valence-corrected chi connectivity index (χ1v) is 13.9. The first kappa shape index (κ1) is 29.3. The Bertz CT molecular complexity index is 1860. The highest BCUT2D eigenvalue weighted by atomic mass is 79.9. The third-order valence-electron chi connectivity index (χ3n) is 6.19. The molecule has 0 saturated heterocycles. The van der Waals surface area contributed by atoms with Gasteiger partial charge in [-0.15, -0.1) is 0 Å². The quantitative estimate of drug-likeness (QED) is 0.158. The van der Waals surface area contributed by atoms with Crippen LogP contribution in [0, 0.1) is 0 Å². The fourth-order valence-electron chi connectivity index (χ4n) is 4.21. The van der Waals surface area contributed by atoms with E-state index in [9.17, 15) is 18.0 Å². The van der Waals surface area contributed by atoms with Crippen molar-refractivity contribution in [3.8, 4) is 22.9 Å². The van der Waals surface area contributed by atoms with Gasteiger partial charge in [-0.25, -0.2) is 4.98 Å². The van der Waals surface area contributed by atoms with Crippen LogP contribution in [0.25, 0.3) is 22.3 Å². The van der Waals surface area contributed by atoms with Gasteiger partial charge in [-0.1, -0.05) is 54.1 Å². The smallest absolute Gasteiger partial charge is 0.416 e. The molecule has 0 aliphatic heterocycles. The highest BCUT2D eigenvalue weighted by molar-refractivity contribution is 9.10. The van der Waals surface area contributed by atoms with Crippen LogP contribution in [-0.4, -0.2) is 22.5 Å². The summed E-state index contributed by atoms with van der Waals surface area (Å²) in [5, 5.41) is 5.21. The van der Waals surface area contributed by atoms with Crippen LogP contribution in [-0.2, 0) is 12.8 Å². The van der Waals surface area contributed by atoms with E-state index in [1.165, 1.54) is 18.3 Å². The molecule has 0 bridgehead atoms. The van der Waals surface area contributed by atoms with Crippen molar-refractivity contribution in [1.29, 1.82) is 0 Å². The van der Waals surface area contributed by atoms with Gasteiger partial charge in [-0.05, 0) is 70.9 Å². The van der Waals surface area contributed by atoms with Gasteiger partial charge in [0.05, 0.1) is 33.8 Å². The summed E-state index contributed by atoms with van der Waals surface area (Å²) >= 11 is 9.79. The van der Waals surface area contributed by atoms with Gasteiger partial charge in [0.15, 0.2) is 17.3 Å². The monoisotopic (exact) mass is 655 g/mol. The molecule has 0 unspecified atom stereocenters. The Labute approximate surface area is 252 Å². The van der Waals surface area contributed by atoms with Gasteiger partial charge in [0, 0.05) is 16.1 Å². The maximum Gasteiger partial charge on any atom is 0.416 e. The highest BCUT2D eigenvalue weighted by Gasteiger charge is 2.31. The number of hydrogen-bond donors (Lipinski definition) is 0. The molecule has 4 aromatic carbocycles. The molecule has 42 heavy (non-hydrogen) atoms. The molecule has 1 aromatic heterocycles. The van der Waals surface area contributed by atoms with Crippen molar-refractivity contribution in [1.82, 2.24) is 9.66 Å². The number of nitrogens with zero attached hydrogens (tertiary/aromatic N) is 3. The lowest BCUT2D eigenvalue weighted by Crippen LogP contribution is -2.20. The Morgan fingerprint density at radius 1 is 1.00 bits per heavy atom. The molecule has 1 heterocycles. The predicted molar refractivity (Wildman–Crippen MR) is 161 cm³/mol. The van der Waals surface area contributed by atoms with Crippen LogP contribution in [0.4, 0.5) is 13.2 Å². The van der Waals surface area contributed by atoms with Crippen LogP contribution in [0.2, 0.25) is 5.02 Å². The first-order chi connectivity index (χ1) is 20.2. The van der Waals surface area contributed by atoms with Gasteiger partial charge in [0.2, 0.25) is 0 Å². The van der Waals surface area contributed by atoms with Crippen molar-refractivity contribution < 1.29 is 22.6 Å². The lowest BCUT2D eigenvalue weighted by Gasteiger charge is -2.15. The number of halogens is 5. The summed E-state index contributed by atoms with van der Waals surface area (Å²) < 4.78 is 53.8. The molecule has 6 nitrogen and oxygen atoms in total. The first-order valence-electron chi connectivity index (χ1n) is 12.7. The fourth-order valence-corrected chi connectivity index (χ4v) is 4.97. The number of fused-ring (bicyclic) bond motifs is 1. The summed E-state index contributed by atoms with van der Waals surface area (Å²) in [5.41, 5.74) is 0.352. The molecule has 0 spiro atoms. The third kappa shape index (κ3) is 6.34. The Hall–Kier alpha value is -4.15. The van der Waals surface area contributed by atoms with Crippen molar-refractivity contribution >= 4 is 44.6 Å². The molecular formula is C31H22BrClF3N3O3. The van der Waals surface area contributed by atoms with Crippen molar-refractivity contribution in [3.05, 3.63) is 121 Å². The average molecular weight is 657 g/mol. The molecule has 0 saturated carbocycles. The fraction of sp³-hybridized carbons (Fsp3) is 0.129. The van der Waals surface area contributed by atoms with Gasteiger partial charge in [-0.2, -0.15) is 22.9 Å². The summed E-state index contributed by atoms with van der Waals surface area (Å²) in [7, 11) is 0. The van der Waals surface area contributed by atoms with E-state index in [0.29, 0.717) is 38.7 Å². The molecule has 0 fully saturated rings. The average Bonchev–Trinajstić information content (AvgIpc) is 2.97. The normalized spacial score (nSPS) is 11.8. The number of aromatic nitrogens is 2. The van der Waals surface area contributed by atoms with E-state index < -0.39 is 17.3 Å². The van der Waals surface area contributed by atoms with E-state index in [4.69, 9.17) is 21.1 Å². The van der Waals surface area contributed by atoms with Crippen molar-refractivity contribution in [3.63, 3.8) is 0 Å². The van der Waals surface area contributed by atoms with Crippen LogP contribution in [0.3, 0.4) is 0 Å². The molecule has 5 rings (SSSR count). The minimum absolute atomic E-state index is 0.0372. The molecule has 11 heteroatoms. The van der Waals surface area contributed by atoms with Gasteiger partial charge in [0.25, 0.3) is 5.56 Å². The zero-order valence-electron chi connectivity index (χ0n) is 22.0. The standard InChI is InChI=1S/C31H22BrClF3N3O3/c1-2-41-27-15-19(14-24(32)28(27)42-18-21-8-3-5-12-25(21)33)17-37-39-29(20-9-7-10-22(16-20)31(34,35)36)38-26-13-6-4-11-23(26)30(39)40/h3-17H,2,18H2,1H3. The maximum atomic E-state index is 13.5. The van der Waals surface area contributed by atoms with Crippen LogP contribution in [0.1, 0.15) is 23.6 Å². The Morgan fingerprint density at radius 2 is 1.76 bits per heavy atom. The summed E-state index contributed by atoms with van der Waals surface area (Å²) in [5.74, 6) is 0.829. The van der Waals surface area contributed by atoms with E-state index in [1.807, 2.05) is 25.1 Å². The third-order valence-corrected chi connectivity index (χ3v) is 7.14. The number of ether oxygens (including phenoxy) is 2. The number of rotatable bonds is 8. The maximum absolute atomic E-state index is 13.5. The molecule has 0 N–H and O–H groups in total. The van der Waals surface area contributed by atoms with E-state index in [0.717, 1.165) is 22.4 Å². The van der Waals surface area contributed by atoms with Crippen molar-refractivity contribution in [2.24, 2.45) is 5.10 Å². The van der Waals surface area contributed by atoms with Gasteiger partial charge in [-0.3, -0.25) is 4.79 Å². The Balaban J connectivity index is 1.57. The molecule has 0 radical (unpaired) electrons. The summed E-state index contributed by atoms with van der Waals surface area (Å²) in [6.07, 6.45) is -3.17. The van der Waals surface area contributed by atoms with Crippen LogP contribution in [0.5, 0.6) is 11.5 Å². The topological polar surface area (TPSA) is 65.7 Å². The van der Waals surface area contributed by atoms with Crippen molar-refractivity contribution in [2.45, 2.75) is 19.7 Å². The van der Waals surface area contributed by atoms with E-state index >= 15 is 0 Å². The molecular weight excluding hydrogens is 635 g/mol. The molecule has 0 atom stereocenters. The second kappa shape index (κ2) is 12.4. The largest absolute Gasteiger partial charge is 0.490 e. The van der Waals surface area contributed by atoms with E-state index in [1.54, 1.807) is 42.5 Å². The van der Waals surface area contributed by atoms with Crippen LogP contribution >= 0.6 is 27.5 Å². The lowest BCUT2D eigenvalue weighted by atomic mass is 10.1. The zero-order valence-corrected chi connectivity index (χ0v) is 24.4. The summed E-state index contributed by atoms with van der Waals surface area (Å²) in [6, 6.07) is 21.9. The number of alkyl halides is 3. The second-order valence-corrected chi connectivity index (χ2v) is 10.3. The minimum Gasteiger partial charge on any atom is -0.490 e. The molecule has 5 aromatic rings. The van der Waals surface area contributed by atoms with Crippen molar-refractivity contribution in [2.75, 3.05) is 6.61 Å². The Morgan fingerprint density at radius 3 is 2.52 bits per heavy atom. The second-order valence-electron chi connectivity index (χ2n) is 9.04.